The van der Waals surface area contributed by atoms with Gasteiger partial charge in [-0.15, -0.1) is 0 Å². The Kier molecular flexibility index (Phi) is 5.67. The molecule has 0 unspecified atom stereocenters. The van der Waals surface area contributed by atoms with Gasteiger partial charge in [0.15, 0.2) is 21.6 Å². The topological polar surface area (TPSA) is 76.0 Å². The number of hydrogen-bond donors (Lipinski definition) is 0. The number of anilines is 1. The molecule has 2 aliphatic heterocycles. The van der Waals surface area contributed by atoms with Crippen LogP contribution in [0.15, 0.2) is 58.0 Å². The first-order valence-corrected chi connectivity index (χ1v) is 12.2. The van der Waals surface area contributed by atoms with Gasteiger partial charge in [0.05, 0.1) is 23.2 Å². The molecule has 2 heterocycles. The number of hydrogen-bond acceptors (Lipinski definition) is 5. The Morgan fingerprint density at radius 3 is 2.72 bits per heavy atom. The zero-order chi connectivity index (χ0) is 20.6. The number of ether oxygens (including phenoxy) is 1. The van der Waals surface area contributed by atoms with Crippen LogP contribution in [0.5, 0.6) is 5.75 Å². The highest BCUT2D eigenvalue weighted by atomic mass is 79.9. The van der Waals surface area contributed by atoms with Gasteiger partial charge in [-0.25, -0.2) is 12.8 Å². The van der Waals surface area contributed by atoms with E-state index in [4.69, 9.17) is 4.74 Å². The third-order valence-corrected chi connectivity index (χ3v) is 8.26. The Bertz CT molecular complexity index is 1080. The van der Waals surface area contributed by atoms with E-state index in [0.717, 1.165) is 0 Å². The lowest BCUT2D eigenvalue weighted by Crippen LogP contribution is -2.38. The van der Waals surface area contributed by atoms with Gasteiger partial charge in [0.1, 0.15) is 11.6 Å². The first-order chi connectivity index (χ1) is 13.8. The predicted molar refractivity (Wildman–Crippen MR) is 115 cm³/mol. The van der Waals surface area contributed by atoms with Crippen molar-refractivity contribution in [3.05, 3.63) is 58.8 Å². The van der Waals surface area contributed by atoms with Crippen LogP contribution in [0, 0.1) is 5.82 Å². The molecule has 4 rings (SSSR count). The van der Waals surface area contributed by atoms with E-state index in [-0.39, 0.29) is 34.2 Å². The standard InChI is InChI=1S/C19H16BrFN2O4S2/c20-12-6-7-15(14(21)8-12)23-16-10-29(25,26)11-17(16)28-19(23)22-18(24)9-27-13-4-2-1-3-5-13/h1-8,16-17H,9-11H2/t16-,17-/m0/s1. The van der Waals surface area contributed by atoms with Crippen LogP contribution in [0.1, 0.15) is 0 Å². The summed E-state index contributed by atoms with van der Waals surface area (Å²) in [6.07, 6.45) is 0. The van der Waals surface area contributed by atoms with Crippen molar-refractivity contribution in [2.75, 3.05) is 23.0 Å². The molecule has 152 valence electrons. The highest BCUT2D eigenvalue weighted by molar-refractivity contribution is 9.10. The number of benzene rings is 2. The third-order valence-electron chi connectivity index (χ3n) is 4.56. The molecule has 0 spiro atoms. The second-order valence-corrected chi connectivity index (χ2v) is 10.9. The first-order valence-electron chi connectivity index (χ1n) is 8.73. The molecule has 29 heavy (non-hydrogen) atoms. The molecule has 6 nitrogen and oxygen atoms in total. The zero-order valence-corrected chi connectivity index (χ0v) is 18.2. The van der Waals surface area contributed by atoms with E-state index < -0.39 is 27.6 Å². The molecule has 1 amide bonds. The van der Waals surface area contributed by atoms with E-state index in [1.54, 1.807) is 36.4 Å². The lowest BCUT2D eigenvalue weighted by Gasteiger charge is -2.25. The van der Waals surface area contributed by atoms with Crippen LogP contribution in [0.25, 0.3) is 0 Å². The van der Waals surface area contributed by atoms with Gasteiger partial charge in [0.25, 0.3) is 5.91 Å². The number of sulfone groups is 1. The molecule has 2 aromatic carbocycles. The average molecular weight is 499 g/mol. The van der Waals surface area contributed by atoms with Crippen molar-refractivity contribution in [1.82, 2.24) is 0 Å². The summed E-state index contributed by atoms with van der Waals surface area (Å²) in [6.45, 7) is -0.266. The molecule has 2 fully saturated rings. The van der Waals surface area contributed by atoms with Gasteiger partial charge in [-0.05, 0) is 30.3 Å². The number of nitrogens with zero attached hydrogens (tertiary/aromatic N) is 2. The summed E-state index contributed by atoms with van der Waals surface area (Å²) >= 11 is 4.41. The zero-order valence-electron chi connectivity index (χ0n) is 15.0. The number of carbonyl (C=O) groups is 1. The molecular weight excluding hydrogens is 483 g/mol. The van der Waals surface area contributed by atoms with Gasteiger partial charge in [0.2, 0.25) is 0 Å². The summed E-state index contributed by atoms with van der Waals surface area (Å²) in [4.78, 5) is 18.0. The second kappa shape index (κ2) is 8.08. The molecule has 10 heteroatoms. The summed E-state index contributed by atoms with van der Waals surface area (Å²) in [5, 5.41) is -0.0116. The van der Waals surface area contributed by atoms with E-state index in [0.29, 0.717) is 10.2 Å². The fraction of sp³-hybridized carbons (Fsp3) is 0.263. The summed E-state index contributed by atoms with van der Waals surface area (Å²) in [5.41, 5.74) is 0.195. The predicted octanol–water partition coefficient (Wildman–Crippen LogP) is 3.27. The van der Waals surface area contributed by atoms with Crippen molar-refractivity contribution in [1.29, 1.82) is 0 Å². The van der Waals surface area contributed by atoms with Gasteiger partial charge in [-0.2, -0.15) is 4.99 Å². The normalized spacial score (nSPS) is 23.9. The van der Waals surface area contributed by atoms with Crippen LogP contribution in [0.2, 0.25) is 0 Å². The molecule has 0 saturated carbocycles. The number of para-hydroxylation sites is 1. The average Bonchev–Trinajstić information content (AvgIpc) is 3.12. The van der Waals surface area contributed by atoms with Crippen molar-refractivity contribution >= 4 is 54.3 Å². The van der Waals surface area contributed by atoms with Crippen LogP contribution in [-0.2, 0) is 14.6 Å². The Balaban J connectivity index is 1.60. The lowest BCUT2D eigenvalue weighted by molar-refractivity contribution is -0.119. The molecule has 2 aromatic rings. The van der Waals surface area contributed by atoms with Crippen molar-refractivity contribution < 1.29 is 22.3 Å². The highest BCUT2D eigenvalue weighted by Gasteiger charge is 2.50. The molecule has 0 aromatic heterocycles. The van der Waals surface area contributed by atoms with E-state index >= 15 is 0 Å². The summed E-state index contributed by atoms with van der Waals surface area (Å²) in [5.74, 6) is -0.635. The number of thioether (sulfide) groups is 1. The van der Waals surface area contributed by atoms with E-state index in [2.05, 4.69) is 20.9 Å². The molecule has 0 bridgehead atoms. The Morgan fingerprint density at radius 2 is 2.00 bits per heavy atom. The fourth-order valence-corrected chi connectivity index (χ4v) is 7.58. The maximum atomic E-state index is 14.6. The van der Waals surface area contributed by atoms with Gasteiger partial charge in [-0.1, -0.05) is 45.9 Å². The van der Waals surface area contributed by atoms with Crippen molar-refractivity contribution in [2.45, 2.75) is 11.3 Å². The quantitative estimate of drug-likeness (QED) is 0.643. The summed E-state index contributed by atoms with van der Waals surface area (Å²) in [7, 11) is -3.22. The number of amides is 1. The Morgan fingerprint density at radius 1 is 1.24 bits per heavy atom. The maximum Gasteiger partial charge on any atom is 0.285 e. The van der Waals surface area contributed by atoms with Crippen LogP contribution < -0.4 is 9.64 Å². The SMILES string of the molecule is O=C(COc1ccccc1)N=C1S[C@H]2CS(=O)(=O)C[C@@H]2N1c1ccc(Br)cc1F. The molecule has 2 atom stereocenters. The Hall–Kier alpha value is -1.91. The van der Waals surface area contributed by atoms with Gasteiger partial charge in [0, 0.05) is 9.72 Å². The minimum atomic E-state index is -3.22. The van der Waals surface area contributed by atoms with Crippen LogP contribution >= 0.6 is 27.7 Å². The molecule has 2 aliphatic rings. The number of carbonyl (C=O) groups excluding carboxylic acids is 1. The van der Waals surface area contributed by atoms with Gasteiger partial charge >= 0.3 is 0 Å². The molecule has 2 saturated heterocycles. The number of aliphatic imine (C=N–C) groups is 1. The van der Waals surface area contributed by atoms with E-state index in [1.807, 2.05) is 6.07 Å². The minimum Gasteiger partial charge on any atom is -0.484 e. The summed E-state index contributed by atoms with van der Waals surface area (Å²) in [6, 6.07) is 12.9. The minimum absolute atomic E-state index is 0.0231. The van der Waals surface area contributed by atoms with Crippen molar-refractivity contribution in [2.24, 2.45) is 4.99 Å². The first kappa shape index (κ1) is 20.4. The fourth-order valence-electron chi connectivity index (χ4n) is 3.32. The van der Waals surface area contributed by atoms with E-state index in [9.17, 15) is 17.6 Å². The molecular formula is C19H16BrFN2O4S2. The largest absolute Gasteiger partial charge is 0.484 e. The monoisotopic (exact) mass is 498 g/mol. The molecule has 0 radical (unpaired) electrons. The Labute approximate surface area is 180 Å². The van der Waals surface area contributed by atoms with E-state index in [1.165, 1.54) is 22.7 Å². The van der Waals surface area contributed by atoms with Crippen LogP contribution in [-0.4, -0.2) is 48.9 Å². The summed E-state index contributed by atoms with van der Waals surface area (Å²) < 4.78 is 44.8. The van der Waals surface area contributed by atoms with Crippen molar-refractivity contribution in [3.63, 3.8) is 0 Å². The number of amidine groups is 1. The van der Waals surface area contributed by atoms with Crippen molar-refractivity contribution in [3.8, 4) is 5.75 Å². The smallest absolute Gasteiger partial charge is 0.285 e. The second-order valence-electron chi connectivity index (χ2n) is 6.66. The van der Waals surface area contributed by atoms with Crippen LogP contribution in [0.3, 0.4) is 0 Å². The van der Waals surface area contributed by atoms with Gasteiger partial charge < -0.3 is 9.64 Å². The highest BCUT2D eigenvalue weighted by Crippen LogP contribution is 2.42. The number of rotatable bonds is 4. The molecule has 0 aliphatic carbocycles. The lowest BCUT2D eigenvalue weighted by atomic mass is 10.2. The van der Waals surface area contributed by atoms with Crippen LogP contribution in [0.4, 0.5) is 10.1 Å². The maximum absolute atomic E-state index is 14.6. The number of fused-ring (bicyclic) bond motifs is 1. The number of halogens is 2. The molecule has 0 N–H and O–H groups in total. The third kappa shape index (κ3) is 4.49. The van der Waals surface area contributed by atoms with Gasteiger partial charge in [-0.3, -0.25) is 4.79 Å².